The Morgan fingerprint density at radius 3 is 2.70 bits per heavy atom. The number of nitrogens with zero attached hydrogens (tertiary/aromatic N) is 3. The van der Waals surface area contributed by atoms with Gasteiger partial charge in [-0.15, -0.1) is 0 Å². The number of aryl methyl sites for hydroxylation is 2. The number of hydrogen-bond donors (Lipinski definition) is 0. The van der Waals surface area contributed by atoms with E-state index in [0.717, 1.165) is 42.1 Å². The quantitative estimate of drug-likeness (QED) is 0.822. The van der Waals surface area contributed by atoms with Crippen molar-refractivity contribution < 1.29 is 13.9 Å². The third-order valence-electron chi connectivity index (χ3n) is 5.40. The number of rotatable bonds is 4. The maximum atomic E-state index is 14.5. The first-order valence-corrected chi connectivity index (χ1v) is 9.48. The summed E-state index contributed by atoms with van der Waals surface area (Å²) in [5, 5.41) is 0. The molecule has 2 aliphatic heterocycles. The second kappa shape index (κ2) is 6.75. The normalized spacial score (nSPS) is 21.1. The van der Waals surface area contributed by atoms with Gasteiger partial charge in [0.15, 0.2) is 0 Å². The lowest BCUT2D eigenvalue weighted by molar-refractivity contribution is 0.157. The van der Waals surface area contributed by atoms with E-state index in [4.69, 9.17) is 9.47 Å². The van der Waals surface area contributed by atoms with Gasteiger partial charge < -0.3 is 9.47 Å². The fourth-order valence-electron chi connectivity index (χ4n) is 4.06. The van der Waals surface area contributed by atoms with Crippen molar-refractivity contribution in [2.75, 3.05) is 13.2 Å². The van der Waals surface area contributed by atoms with Crippen molar-refractivity contribution >= 4 is 0 Å². The summed E-state index contributed by atoms with van der Waals surface area (Å²) in [4.78, 5) is 11.1. The Morgan fingerprint density at radius 1 is 1.22 bits per heavy atom. The Morgan fingerprint density at radius 2 is 1.96 bits per heavy atom. The molecule has 0 saturated carbocycles. The Hall–Kier alpha value is -2.21. The van der Waals surface area contributed by atoms with E-state index in [1.165, 1.54) is 0 Å². The van der Waals surface area contributed by atoms with Gasteiger partial charge in [0, 0.05) is 60.6 Å². The topological polar surface area (TPSA) is 47.5 Å². The molecule has 4 heterocycles. The van der Waals surface area contributed by atoms with Crippen LogP contribution in [0.15, 0.2) is 18.2 Å². The number of fused-ring (bicyclic) bond motifs is 1. The third-order valence-corrected chi connectivity index (χ3v) is 5.40. The van der Waals surface area contributed by atoms with Gasteiger partial charge in [0.05, 0.1) is 12.3 Å². The van der Waals surface area contributed by atoms with Crippen LogP contribution in [0.4, 0.5) is 4.39 Å². The highest BCUT2D eigenvalue weighted by Crippen LogP contribution is 2.34. The van der Waals surface area contributed by atoms with Gasteiger partial charge in [0.1, 0.15) is 17.7 Å². The first-order valence-electron chi connectivity index (χ1n) is 9.48. The van der Waals surface area contributed by atoms with Gasteiger partial charge in [-0.25, -0.2) is 9.37 Å². The Kier molecular flexibility index (Phi) is 4.54. The molecule has 0 spiro atoms. The Labute approximate surface area is 159 Å². The van der Waals surface area contributed by atoms with Crippen LogP contribution in [0.25, 0.3) is 0 Å². The average molecular weight is 371 g/mol. The van der Waals surface area contributed by atoms with Crippen LogP contribution in [0, 0.1) is 19.7 Å². The summed E-state index contributed by atoms with van der Waals surface area (Å²) in [6, 6.07) is 5.49. The largest absolute Gasteiger partial charge is 0.489 e. The molecule has 0 unspecified atom stereocenters. The molecule has 0 amide bonds. The molecular weight excluding hydrogens is 345 g/mol. The lowest BCUT2D eigenvalue weighted by Crippen LogP contribution is -2.38. The first-order chi connectivity index (χ1) is 12.8. The van der Waals surface area contributed by atoms with Crippen molar-refractivity contribution in [3.8, 4) is 11.6 Å². The number of halogens is 1. The number of ether oxygens (including phenoxy) is 2. The monoisotopic (exact) mass is 371 g/mol. The fraction of sp³-hybridized carbons (Fsp3) is 0.524. The molecule has 0 aliphatic carbocycles. The number of aromatic nitrogens is 2. The van der Waals surface area contributed by atoms with E-state index in [0.29, 0.717) is 24.7 Å². The van der Waals surface area contributed by atoms with Crippen molar-refractivity contribution in [2.45, 2.75) is 58.7 Å². The summed E-state index contributed by atoms with van der Waals surface area (Å²) in [7, 11) is 0. The molecule has 0 N–H and O–H groups in total. The molecular formula is C21H26FN3O2. The number of pyridine rings is 2. The predicted octanol–water partition coefficient (Wildman–Crippen LogP) is 3.60. The van der Waals surface area contributed by atoms with Crippen LogP contribution in [0.2, 0.25) is 0 Å². The average Bonchev–Trinajstić information content (AvgIpc) is 3.10. The van der Waals surface area contributed by atoms with Crippen LogP contribution < -0.4 is 9.47 Å². The van der Waals surface area contributed by atoms with Crippen molar-refractivity contribution in [3.63, 3.8) is 0 Å². The van der Waals surface area contributed by atoms with Crippen LogP contribution in [0.3, 0.4) is 0 Å². The number of likely N-dealkylation sites (tertiary alicyclic amines) is 1. The van der Waals surface area contributed by atoms with Crippen molar-refractivity contribution in [3.05, 3.63) is 46.7 Å². The number of hydrogen-bond acceptors (Lipinski definition) is 5. The van der Waals surface area contributed by atoms with E-state index < -0.39 is 0 Å². The fourth-order valence-corrected chi connectivity index (χ4v) is 4.06. The summed E-state index contributed by atoms with van der Waals surface area (Å²) >= 11 is 0. The van der Waals surface area contributed by atoms with Gasteiger partial charge in [-0.3, -0.25) is 9.88 Å². The Balaban J connectivity index is 1.49. The molecule has 1 fully saturated rings. The van der Waals surface area contributed by atoms with E-state index in [2.05, 4.69) is 28.7 Å². The molecule has 1 saturated heterocycles. The summed E-state index contributed by atoms with van der Waals surface area (Å²) in [6.07, 6.45) is 1.65. The van der Waals surface area contributed by atoms with Crippen molar-refractivity contribution in [1.82, 2.24) is 14.9 Å². The van der Waals surface area contributed by atoms with Gasteiger partial charge in [0.2, 0.25) is 5.88 Å². The zero-order valence-corrected chi connectivity index (χ0v) is 16.4. The van der Waals surface area contributed by atoms with E-state index >= 15 is 0 Å². The summed E-state index contributed by atoms with van der Waals surface area (Å²) in [5.74, 6) is 1.18. The Bertz CT molecular complexity index is 848. The molecule has 2 aromatic heterocycles. The van der Waals surface area contributed by atoms with Crippen LogP contribution in [-0.4, -0.2) is 39.7 Å². The predicted molar refractivity (Wildman–Crippen MR) is 101 cm³/mol. The summed E-state index contributed by atoms with van der Waals surface area (Å²) < 4.78 is 26.2. The van der Waals surface area contributed by atoms with E-state index in [-0.39, 0.29) is 17.5 Å². The molecule has 144 valence electrons. The van der Waals surface area contributed by atoms with Gasteiger partial charge in [-0.05, 0) is 33.8 Å². The molecule has 0 radical (unpaired) electrons. The van der Waals surface area contributed by atoms with E-state index in [9.17, 15) is 4.39 Å². The minimum atomic E-state index is -0.250. The molecule has 0 aromatic carbocycles. The molecule has 0 bridgehead atoms. The molecule has 4 rings (SSSR count). The summed E-state index contributed by atoms with van der Waals surface area (Å²) in [5.41, 5.74) is 3.10. The first kappa shape index (κ1) is 18.2. The SMILES string of the molecule is Cc1cc(O[C@@H]2CN(Cc3nc4c(cc3F)CCO4)C(C)(C)C2)cc(C)n1. The van der Waals surface area contributed by atoms with Crippen LogP contribution >= 0.6 is 0 Å². The minimum absolute atomic E-state index is 0.0509. The second-order valence-corrected chi connectivity index (χ2v) is 8.20. The van der Waals surface area contributed by atoms with E-state index in [1.807, 2.05) is 26.0 Å². The highest BCUT2D eigenvalue weighted by molar-refractivity contribution is 5.32. The van der Waals surface area contributed by atoms with Crippen molar-refractivity contribution in [2.24, 2.45) is 0 Å². The van der Waals surface area contributed by atoms with Crippen LogP contribution in [-0.2, 0) is 13.0 Å². The van der Waals surface area contributed by atoms with Gasteiger partial charge >= 0.3 is 0 Å². The zero-order chi connectivity index (χ0) is 19.2. The molecule has 1 atom stereocenters. The third kappa shape index (κ3) is 3.76. The van der Waals surface area contributed by atoms with Gasteiger partial charge in [-0.1, -0.05) is 0 Å². The van der Waals surface area contributed by atoms with Gasteiger partial charge in [0.25, 0.3) is 0 Å². The lowest BCUT2D eigenvalue weighted by Gasteiger charge is -2.30. The maximum Gasteiger partial charge on any atom is 0.217 e. The van der Waals surface area contributed by atoms with E-state index in [1.54, 1.807) is 6.07 Å². The summed E-state index contributed by atoms with van der Waals surface area (Å²) in [6.45, 7) is 10.0. The molecule has 2 aromatic rings. The standard InChI is InChI=1S/C21H26FN3O2/c1-13-7-16(8-14(2)23-13)27-17-10-21(3,4)25(11-17)12-19-18(22)9-15-5-6-26-20(15)24-19/h7-9,17H,5-6,10-12H2,1-4H3/t17-/m0/s1. The molecule has 5 nitrogen and oxygen atoms in total. The molecule has 6 heteroatoms. The minimum Gasteiger partial charge on any atom is -0.489 e. The smallest absolute Gasteiger partial charge is 0.217 e. The maximum absolute atomic E-state index is 14.5. The molecule has 2 aliphatic rings. The van der Waals surface area contributed by atoms with Crippen molar-refractivity contribution in [1.29, 1.82) is 0 Å². The second-order valence-electron chi connectivity index (χ2n) is 8.20. The lowest BCUT2D eigenvalue weighted by atomic mass is 10.0. The highest BCUT2D eigenvalue weighted by atomic mass is 19.1. The van der Waals surface area contributed by atoms with Crippen LogP contribution in [0.5, 0.6) is 11.6 Å². The van der Waals surface area contributed by atoms with Gasteiger partial charge in [-0.2, -0.15) is 0 Å². The molecule has 27 heavy (non-hydrogen) atoms. The highest BCUT2D eigenvalue weighted by Gasteiger charge is 2.40. The van der Waals surface area contributed by atoms with Crippen LogP contribution in [0.1, 0.15) is 42.9 Å². The zero-order valence-electron chi connectivity index (χ0n) is 16.4.